The number of nitrogens with zero attached hydrogens (tertiary/aromatic N) is 1. The van der Waals surface area contributed by atoms with E-state index in [0.29, 0.717) is 12.2 Å². The number of unbranched alkanes of at least 4 members (excludes halogenated alkanes) is 1. The number of rotatable bonds is 9. The molecule has 0 heterocycles. The molecular formula is C19H21N3O5. The summed E-state index contributed by atoms with van der Waals surface area (Å²) in [4.78, 5) is 34.4. The minimum Gasteiger partial charge on any atom is -0.452 e. The van der Waals surface area contributed by atoms with Crippen LogP contribution < -0.4 is 10.6 Å². The number of nitro benzene ring substituents is 1. The third-order valence-electron chi connectivity index (χ3n) is 3.67. The molecule has 2 N–H and O–H groups in total. The topological polar surface area (TPSA) is 111 Å². The zero-order chi connectivity index (χ0) is 19.6. The molecule has 0 radical (unpaired) electrons. The van der Waals surface area contributed by atoms with Crippen LogP contribution in [0.5, 0.6) is 0 Å². The molecular weight excluding hydrogens is 350 g/mol. The maximum atomic E-state index is 12.1. The van der Waals surface area contributed by atoms with Crippen molar-refractivity contribution in [2.24, 2.45) is 0 Å². The number of hydrogen-bond donors (Lipinski definition) is 2. The number of amides is 1. The van der Waals surface area contributed by atoms with Crippen LogP contribution in [0, 0.1) is 10.1 Å². The number of benzene rings is 2. The van der Waals surface area contributed by atoms with Gasteiger partial charge in [0.15, 0.2) is 6.61 Å². The summed E-state index contributed by atoms with van der Waals surface area (Å²) in [7, 11) is 0. The molecule has 0 saturated carbocycles. The molecule has 0 unspecified atom stereocenters. The first-order valence-electron chi connectivity index (χ1n) is 8.55. The maximum absolute atomic E-state index is 12.1. The molecule has 2 rings (SSSR count). The Balaban J connectivity index is 2.05. The Morgan fingerprint density at radius 3 is 2.56 bits per heavy atom. The van der Waals surface area contributed by atoms with Crippen molar-refractivity contribution < 1.29 is 19.2 Å². The van der Waals surface area contributed by atoms with Gasteiger partial charge in [0.05, 0.1) is 10.5 Å². The van der Waals surface area contributed by atoms with E-state index in [1.54, 1.807) is 24.3 Å². The SMILES string of the molecule is CCCCNC(=O)COC(=O)c1ccc(Nc2ccccc2)c([N+](=O)[O-])c1. The number of para-hydroxylation sites is 1. The number of esters is 1. The van der Waals surface area contributed by atoms with Gasteiger partial charge in [0.1, 0.15) is 5.69 Å². The van der Waals surface area contributed by atoms with Gasteiger partial charge in [-0.25, -0.2) is 4.79 Å². The van der Waals surface area contributed by atoms with E-state index in [2.05, 4.69) is 10.6 Å². The van der Waals surface area contributed by atoms with Crippen LogP contribution in [0.3, 0.4) is 0 Å². The van der Waals surface area contributed by atoms with Gasteiger partial charge in [-0.15, -0.1) is 0 Å². The number of ether oxygens (including phenoxy) is 1. The molecule has 0 atom stereocenters. The number of anilines is 2. The highest BCUT2D eigenvalue weighted by Gasteiger charge is 2.19. The van der Waals surface area contributed by atoms with Gasteiger partial charge in [0.2, 0.25) is 0 Å². The lowest BCUT2D eigenvalue weighted by Gasteiger charge is -2.09. The third kappa shape index (κ3) is 6.10. The van der Waals surface area contributed by atoms with E-state index in [1.807, 2.05) is 13.0 Å². The van der Waals surface area contributed by atoms with Crippen LogP contribution >= 0.6 is 0 Å². The number of hydrogen-bond acceptors (Lipinski definition) is 6. The first-order valence-corrected chi connectivity index (χ1v) is 8.55. The first-order chi connectivity index (χ1) is 13.0. The van der Waals surface area contributed by atoms with E-state index >= 15 is 0 Å². The Morgan fingerprint density at radius 2 is 1.89 bits per heavy atom. The van der Waals surface area contributed by atoms with Crippen molar-refractivity contribution in [3.05, 3.63) is 64.2 Å². The van der Waals surface area contributed by atoms with E-state index in [1.165, 1.54) is 12.1 Å². The summed E-state index contributed by atoms with van der Waals surface area (Å²) in [6, 6.07) is 12.9. The minimum atomic E-state index is -0.796. The van der Waals surface area contributed by atoms with Crippen LogP contribution in [0.2, 0.25) is 0 Å². The quantitative estimate of drug-likeness (QED) is 0.302. The Kier molecular flexibility index (Phi) is 7.30. The number of carbonyl (C=O) groups excluding carboxylic acids is 2. The van der Waals surface area contributed by atoms with Crippen molar-refractivity contribution in [2.75, 3.05) is 18.5 Å². The molecule has 1 amide bonds. The summed E-state index contributed by atoms with van der Waals surface area (Å²) in [6.07, 6.45) is 1.77. The Bertz CT molecular complexity index is 808. The minimum absolute atomic E-state index is 0.00155. The van der Waals surface area contributed by atoms with Gasteiger partial charge in [-0.2, -0.15) is 0 Å². The predicted octanol–water partition coefficient (Wildman–Crippen LogP) is 3.41. The van der Waals surface area contributed by atoms with E-state index in [4.69, 9.17) is 4.74 Å². The van der Waals surface area contributed by atoms with Crippen molar-refractivity contribution in [3.8, 4) is 0 Å². The van der Waals surface area contributed by atoms with E-state index < -0.39 is 23.4 Å². The maximum Gasteiger partial charge on any atom is 0.338 e. The monoisotopic (exact) mass is 371 g/mol. The van der Waals surface area contributed by atoms with E-state index in [0.717, 1.165) is 18.9 Å². The summed E-state index contributed by atoms with van der Waals surface area (Å²) in [5, 5.41) is 16.9. The lowest BCUT2D eigenvalue weighted by molar-refractivity contribution is -0.383. The normalized spacial score (nSPS) is 10.1. The Labute approximate surface area is 156 Å². The van der Waals surface area contributed by atoms with Crippen LogP contribution in [0.4, 0.5) is 17.1 Å². The lowest BCUT2D eigenvalue weighted by Crippen LogP contribution is -2.29. The fourth-order valence-electron chi connectivity index (χ4n) is 2.26. The highest BCUT2D eigenvalue weighted by atomic mass is 16.6. The molecule has 27 heavy (non-hydrogen) atoms. The zero-order valence-electron chi connectivity index (χ0n) is 14.9. The van der Waals surface area contributed by atoms with Crippen LogP contribution in [0.1, 0.15) is 30.1 Å². The first kappa shape index (κ1) is 19.9. The molecule has 8 heteroatoms. The van der Waals surface area contributed by atoms with Crippen LogP contribution in [-0.4, -0.2) is 30.0 Å². The molecule has 0 aliphatic heterocycles. The highest BCUT2D eigenvalue weighted by molar-refractivity contribution is 5.93. The Hall–Kier alpha value is -3.42. The second-order valence-corrected chi connectivity index (χ2v) is 5.76. The fourth-order valence-corrected chi connectivity index (χ4v) is 2.26. The summed E-state index contributed by atoms with van der Waals surface area (Å²) in [5.74, 6) is -1.20. The highest BCUT2D eigenvalue weighted by Crippen LogP contribution is 2.28. The van der Waals surface area contributed by atoms with Crippen LogP contribution in [-0.2, 0) is 9.53 Å². The molecule has 2 aromatic rings. The molecule has 0 saturated heterocycles. The standard InChI is InChI=1S/C19H21N3O5/c1-2-3-11-20-18(23)13-27-19(24)14-9-10-16(17(12-14)22(25)26)21-15-7-5-4-6-8-15/h4-10,12,21H,2-3,11,13H2,1H3,(H,20,23). The average Bonchev–Trinajstić information content (AvgIpc) is 2.67. The molecule has 8 nitrogen and oxygen atoms in total. The second-order valence-electron chi connectivity index (χ2n) is 5.76. The molecule has 0 aliphatic carbocycles. The number of nitro groups is 1. The lowest BCUT2D eigenvalue weighted by atomic mass is 10.1. The summed E-state index contributed by atoms with van der Waals surface area (Å²) < 4.78 is 4.92. The smallest absolute Gasteiger partial charge is 0.338 e. The van der Waals surface area contributed by atoms with Gasteiger partial charge in [0, 0.05) is 18.3 Å². The van der Waals surface area contributed by atoms with E-state index in [9.17, 15) is 19.7 Å². The van der Waals surface area contributed by atoms with Gasteiger partial charge in [-0.05, 0) is 30.7 Å². The molecule has 0 aliphatic rings. The van der Waals surface area contributed by atoms with Gasteiger partial charge in [-0.3, -0.25) is 14.9 Å². The van der Waals surface area contributed by atoms with Gasteiger partial charge in [0.25, 0.3) is 11.6 Å². The molecule has 0 fully saturated rings. The van der Waals surface area contributed by atoms with Gasteiger partial charge in [-0.1, -0.05) is 31.5 Å². The van der Waals surface area contributed by atoms with E-state index in [-0.39, 0.29) is 16.9 Å². The predicted molar refractivity (Wildman–Crippen MR) is 101 cm³/mol. The summed E-state index contributed by atoms with van der Waals surface area (Å²) in [5.41, 5.74) is 0.669. The summed E-state index contributed by atoms with van der Waals surface area (Å²) in [6.45, 7) is 2.08. The summed E-state index contributed by atoms with van der Waals surface area (Å²) >= 11 is 0. The molecule has 0 spiro atoms. The van der Waals surface area contributed by atoms with Crippen molar-refractivity contribution in [3.63, 3.8) is 0 Å². The van der Waals surface area contributed by atoms with Crippen LogP contribution in [0.15, 0.2) is 48.5 Å². The van der Waals surface area contributed by atoms with Gasteiger partial charge >= 0.3 is 5.97 Å². The van der Waals surface area contributed by atoms with Crippen molar-refractivity contribution in [1.82, 2.24) is 5.32 Å². The average molecular weight is 371 g/mol. The van der Waals surface area contributed by atoms with Crippen LogP contribution in [0.25, 0.3) is 0 Å². The molecule has 2 aromatic carbocycles. The fraction of sp³-hybridized carbons (Fsp3) is 0.263. The number of carbonyl (C=O) groups is 2. The molecule has 0 aromatic heterocycles. The second kappa shape index (κ2) is 9.91. The third-order valence-corrected chi connectivity index (χ3v) is 3.67. The Morgan fingerprint density at radius 1 is 1.15 bits per heavy atom. The number of nitrogens with one attached hydrogen (secondary N) is 2. The van der Waals surface area contributed by atoms with Gasteiger partial charge < -0.3 is 15.4 Å². The molecule has 142 valence electrons. The zero-order valence-corrected chi connectivity index (χ0v) is 14.9. The van der Waals surface area contributed by atoms with Crippen molar-refractivity contribution >= 4 is 28.9 Å². The largest absolute Gasteiger partial charge is 0.452 e. The van der Waals surface area contributed by atoms with Crippen molar-refractivity contribution in [1.29, 1.82) is 0 Å². The molecule has 0 bridgehead atoms. The van der Waals surface area contributed by atoms with Crippen molar-refractivity contribution in [2.45, 2.75) is 19.8 Å².